The highest BCUT2D eigenvalue weighted by atomic mass is 32.2. The fraction of sp³-hybridized carbons (Fsp3) is 0.429. The van der Waals surface area contributed by atoms with Gasteiger partial charge in [-0.25, -0.2) is 17.6 Å². The van der Waals surface area contributed by atoms with Gasteiger partial charge in [-0.2, -0.15) is 0 Å². The molecular weight excluding hydrogens is 595 g/mol. The Balaban J connectivity index is 1.30. The molecule has 5 rings (SSSR count). The number of rotatable bonds is 14. The first-order valence-electron chi connectivity index (χ1n) is 15.6. The Morgan fingerprint density at radius 2 is 1.64 bits per heavy atom. The number of nitrogens with one attached hydrogen (secondary N) is 1. The van der Waals surface area contributed by atoms with E-state index in [2.05, 4.69) is 5.32 Å². The van der Waals surface area contributed by atoms with Crippen LogP contribution in [-0.4, -0.2) is 55.7 Å². The molecule has 1 heterocycles. The van der Waals surface area contributed by atoms with Crippen molar-refractivity contribution in [1.82, 2.24) is 9.62 Å². The molecule has 2 aromatic rings. The van der Waals surface area contributed by atoms with Crippen LogP contribution in [0.2, 0.25) is 0 Å². The van der Waals surface area contributed by atoms with Gasteiger partial charge in [0.2, 0.25) is 10.0 Å². The molecule has 0 saturated heterocycles. The summed E-state index contributed by atoms with van der Waals surface area (Å²) in [5.74, 6) is -1.35. The number of benzene rings is 2. The number of carboxylic acids is 1. The Morgan fingerprint density at radius 1 is 1.00 bits per heavy atom. The Kier molecular flexibility index (Phi) is 9.82. The van der Waals surface area contributed by atoms with Crippen LogP contribution in [0.25, 0.3) is 5.76 Å². The fourth-order valence-corrected chi connectivity index (χ4v) is 7.44. The van der Waals surface area contributed by atoms with Crippen LogP contribution < -0.4 is 5.32 Å². The van der Waals surface area contributed by atoms with Gasteiger partial charge in [0.1, 0.15) is 17.7 Å². The number of hydrogen-bond acceptors (Lipinski definition) is 5. The average molecular weight is 637 g/mol. The molecule has 0 radical (unpaired) electrons. The number of ether oxygens (including phenoxy) is 1. The molecule has 1 saturated carbocycles. The van der Waals surface area contributed by atoms with Crippen LogP contribution in [0, 0.1) is 17.7 Å². The number of aromatic carboxylic acids is 1. The molecule has 8 nitrogen and oxygen atoms in total. The number of fused-ring (bicyclic) bond motifs is 1. The molecule has 45 heavy (non-hydrogen) atoms. The fourth-order valence-electron chi connectivity index (χ4n) is 6.36. The van der Waals surface area contributed by atoms with E-state index in [4.69, 9.17) is 9.84 Å². The normalized spacial score (nSPS) is 19.6. The number of sulfonamides is 1. The van der Waals surface area contributed by atoms with Crippen molar-refractivity contribution >= 4 is 27.7 Å². The molecule has 2 N–H and O–H groups in total. The minimum atomic E-state index is -3.60. The lowest BCUT2D eigenvalue weighted by Crippen LogP contribution is -2.40. The highest BCUT2D eigenvalue weighted by Gasteiger charge is 2.47. The van der Waals surface area contributed by atoms with E-state index < -0.39 is 22.1 Å². The molecular formula is C35H41FN2O6S. The van der Waals surface area contributed by atoms with E-state index in [1.807, 2.05) is 25.1 Å². The minimum absolute atomic E-state index is 0.227. The van der Waals surface area contributed by atoms with Gasteiger partial charge >= 0.3 is 5.97 Å². The molecule has 240 valence electrons. The molecule has 2 atom stereocenters. The summed E-state index contributed by atoms with van der Waals surface area (Å²) in [5, 5.41) is 11.8. The number of hydrogen-bond donors (Lipinski definition) is 2. The Hall–Kier alpha value is -3.92. The van der Waals surface area contributed by atoms with E-state index >= 15 is 0 Å². The number of carbonyl (C=O) groups excluding carboxylic acids is 1. The first-order chi connectivity index (χ1) is 21.5. The summed E-state index contributed by atoms with van der Waals surface area (Å²) in [6.45, 7) is 2.33. The maximum absolute atomic E-state index is 13.7. The van der Waals surface area contributed by atoms with Gasteiger partial charge in [0.15, 0.2) is 0 Å². The van der Waals surface area contributed by atoms with E-state index in [9.17, 15) is 22.4 Å². The van der Waals surface area contributed by atoms with Gasteiger partial charge < -0.3 is 15.2 Å². The van der Waals surface area contributed by atoms with Crippen molar-refractivity contribution in [1.29, 1.82) is 0 Å². The van der Waals surface area contributed by atoms with Gasteiger partial charge in [0.25, 0.3) is 5.91 Å². The van der Waals surface area contributed by atoms with Crippen molar-refractivity contribution in [2.75, 3.05) is 19.8 Å². The molecule has 1 amide bonds. The number of carbonyl (C=O) groups is 2. The summed E-state index contributed by atoms with van der Waals surface area (Å²) < 4.78 is 48.3. The second-order valence-electron chi connectivity index (χ2n) is 12.2. The van der Waals surface area contributed by atoms with Crippen LogP contribution in [0.1, 0.15) is 73.4 Å². The quantitative estimate of drug-likeness (QED) is 0.243. The summed E-state index contributed by atoms with van der Waals surface area (Å²) in [5.41, 5.74) is 4.81. The molecule has 3 aliphatic rings. The molecule has 2 aliphatic carbocycles. The van der Waals surface area contributed by atoms with E-state index in [1.54, 1.807) is 35.6 Å². The molecule has 0 spiro atoms. The highest BCUT2D eigenvalue weighted by molar-refractivity contribution is 7.88. The lowest BCUT2D eigenvalue weighted by atomic mass is 9.81. The van der Waals surface area contributed by atoms with Crippen molar-refractivity contribution < 1.29 is 32.2 Å². The second-order valence-corrected chi connectivity index (χ2v) is 14.1. The Labute approximate surface area is 264 Å². The van der Waals surface area contributed by atoms with E-state index in [1.165, 1.54) is 18.4 Å². The number of allylic oxidation sites excluding steroid dienone is 2. The molecule has 1 aliphatic heterocycles. The molecule has 2 aromatic carbocycles. The number of nitrogens with zero attached hydrogens (tertiary/aromatic N) is 1. The zero-order valence-corrected chi connectivity index (χ0v) is 26.8. The maximum atomic E-state index is 13.7. The predicted octanol–water partition coefficient (Wildman–Crippen LogP) is 6.07. The second kappa shape index (κ2) is 13.6. The van der Waals surface area contributed by atoms with Gasteiger partial charge in [-0.05, 0) is 91.6 Å². The zero-order chi connectivity index (χ0) is 32.3. The summed E-state index contributed by atoms with van der Waals surface area (Å²) in [6.07, 6.45) is 9.97. The van der Waals surface area contributed by atoms with Crippen LogP contribution in [0.4, 0.5) is 4.39 Å². The van der Waals surface area contributed by atoms with E-state index in [0.29, 0.717) is 29.9 Å². The third kappa shape index (κ3) is 7.32. The largest absolute Gasteiger partial charge is 0.484 e. The van der Waals surface area contributed by atoms with Gasteiger partial charge in [-0.1, -0.05) is 38.3 Å². The molecule has 0 bridgehead atoms. The summed E-state index contributed by atoms with van der Waals surface area (Å²) in [4.78, 5) is 24.2. The van der Waals surface area contributed by atoms with Crippen LogP contribution in [0.3, 0.4) is 0 Å². The molecule has 1 unspecified atom stereocenters. The number of unbranched alkanes of at least 4 members (excludes halogenated alkanes) is 4. The van der Waals surface area contributed by atoms with Crippen LogP contribution in [0.5, 0.6) is 0 Å². The van der Waals surface area contributed by atoms with Crippen molar-refractivity contribution in [3.8, 4) is 0 Å². The monoisotopic (exact) mass is 636 g/mol. The number of carboxylic acid groups (broad SMARTS) is 1. The smallest absolute Gasteiger partial charge is 0.335 e. The molecule has 10 heteroatoms. The minimum Gasteiger partial charge on any atom is -0.484 e. The van der Waals surface area contributed by atoms with Crippen LogP contribution in [0.15, 0.2) is 77.0 Å². The third-order valence-electron chi connectivity index (χ3n) is 8.83. The van der Waals surface area contributed by atoms with E-state index in [-0.39, 0.29) is 29.1 Å². The first kappa shape index (κ1) is 32.5. The van der Waals surface area contributed by atoms with E-state index in [0.717, 1.165) is 67.4 Å². The van der Waals surface area contributed by atoms with Gasteiger partial charge in [0, 0.05) is 36.3 Å². The number of amides is 1. The average Bonchev–Trinajstić information content (AvgIpc) is 3.78. The van der Waals surface area contributed by atoms with Gasteiger partial charge in [-0.3, -0.25) is 9.10 Å². The zero-order valence-electron chi connectivity index (χ0n) is 26.0. The van der Waals surface area contributed by atoms with Crippen molar-refractivity contribution in [3.05, 3.63) is 99.5 Å². The third-order valence-corrected chi connectivity index (χ3v) is 10.0. The first-order valence-corrected chi connectivity index (χ1v) is 17.5. The standard InChI is InChI=1S/C35H41FN2O6S/c1-22-31(38(45(3,42)43)20-8-6-4-5-7-9-23-10-12-26(13-11-23)35(40)41)28(24-14-15-24)21-29-30(34(39)37-2)33(44-32(22)29)25-16-18-27(36)19-17-25/h10-13,16-19,21-22,24,32H,4-9,14-15,20H2,1-3H3,(H,37,39)(H,40,41)/t22-,32?/m0/s1. The van der Waals surface area contributed by atoms with Crippen LogP contribution >= 0.6 is 0 Å². The van der Waals surface area contributed by atoms with Crippen molar-refractivity contribution in [2.24, 2.45) is 11.8 Å². The SMILES string of the molecule is CNC(=O)C1=C(c2ccc(F)cc2)OC2C1=CC(C1CC1)=C(N(CCCCCCCc1ccc(C(=O)O)cc1)S(C)(=O)=O)[C@@H]2C. The highest BCUT2D eigenvalue weighted by Crippen LogP contribution is 2.51. The van der Waals surface area contributed by atoms with Crippen molar-refractivity contribution in [2.45, 2.75) is 64.4 Å². The Morgan fingerprint density at radius 3 is 2.24 bits per heavy atom. The maximum Gasteiger partial charge on any atom is 0.335 e. The topological polar surface area (TPSA) is 113 Å². The summed E-state index contributed by atoms with van der Waals surface area (Å²) in [6, 6.07) is 12.8. The number of likely N-dealkylation sites (N-methyl/N-ethyl adjacent to an activating group) is 1. The molecule has 0 aromatic heterocycles. The summed E-state index contributed by atoms with van der Waals surface area (Å²) >= 11 is 0. The van der Waals surface area contributed by atoms with Gasteiger partial charge in [0.05, 0.1) is 17.4 Å². The summed E-state index contributed by atoms with van der Waals surface area (Å²) in [7, 11) is -2.04. The lowest BCUT2D eigenvalue weighted by molar-refractivity contribution is -0.116. The number of halogens is 1. The Bertz CT molecular complexity index is 1640. The van der Waals surface area contributed by atoms with Crippen molar-refractivity contribution in [3.63, 3.8) is 0 Å². The molecule has 1 fully saturated rings. The number of aryl methyl sites for hydroxylation is 1. The van der Waals surface area contributed by atoms with Crippen LogP contribution in [-0.2, 0) is 26.0 Å². The predicted molar refractivity (Wildman–Crippen MR) is 171 cm³/mol. The van der Waals surface area contributed by atoms with Gasteiger partial charge in [-0.15, -0.1) is 0 Å². The lowest BCUT2D eigenvalue weighted by Gasteiger charge is -2.37.